The number of rotatable bonds is 4. The van der Waals surface area contributed by atoms with Crippen LogP contribution in [0.1, 0.15) is 24.1 Å². The van der Waals surface area contributed by atoms with E-state index in [4.69, 9.17) is 4.74 Å². The quantitative estimate of drug-likeness (QED) is 0.912. The first-order chi connectivity index (χ1) is 10.6. The fourth-order valence-electron chi connectivity index (χ4n) is 2.39. The molecule has 0 saturated heterocycles. The molecule has 1 aliphatic rings. The maximum atomic E-state index is 13.6. The third kappa shape index (κ3) is 3.09. The Bertz CT molecular complexity index is 703. The van der Waals surface area contributed by atoms with Crippen molar-refractivity contribution in [3.63, 3.8) is 0 Å². The first-order valence-electron chi connectivity index (χ1n) is 7.17. The Morgan fingerprint density at radius 2 is 2.14 bits per heavy atom. The molecular formula is C17H17FN2O2. The normalized spacial score (nSPS) is 14.7. The average molecular weight is 300 g/mol. The molecule has 1 amide bonds. The van der Waals surface area contributed by atoms with E-state index in [1.54, 1.807) is 12.1 Å². The molecule has 2 N–H and O–H groups in total. The van der Waals surface area contributed by atoms with Crippen LogP contribution in [0.3, 0.4) is 0 Å². The molecule has 0 bridgehead atoms. The molecule has 0 spiro atoms. The molecule has 4 nitrogen and oxygen atoms in total. The summed E-state index contributed by atoms with van der Waals surface area (Å²) in [6, 6.07) is 12.4. The van der Waals surface area contributed by atoms with Crippen LogP contribution in [0.2, 0.25) is 0 Å². The summed E-state index contributed by atoms with van der Waals surface area (Å²) < 4.78 is 18.9. The molecule has 0 fully saturated rings. The van der Waals surface area contributed by atoms with Gasteiger partial charge in [-0.15, -0.1) is 0 Å². The van der Waals surface area contributed by atoms with Crippen LogP contribution in [0, 0.1) is 5.82 Å². The van der Waals surface area contributed by atoms with Gasteiger partial charge in [-0.25, -0.2) is 4.39 Å². The van der Waals surface area contributed by atoms with E-state index in [-0.39, 0.29) is 24.4 Å². The zero-order valence-electron chi connectivity index (χ0n) is 12.2. The average Bonchev–Trinajstić information content (AvgIpc) is 2.53. The summed E-state index contributed by atoms with van der Waals surface area (Å²) in [7, 11) is 0. The molecule has 114 valence electrons. The van der Waals surface area contributed by atoms with E-state index < -0.39 is 0 Å². The number of hydrogen-bond acceptors (Lipinski definition) is 3. The Labute approximate surface area is 128 Å². The van der Waals surface area contributed by atoms with Crippen molar-refractivity contribution in [1.82, 2.24) is 5.32 Å². The smallest absolute Gasteiger partial charge is 0.262 e. The Kier molecular flexibility index (Phi) is 4.06. The number of anilines is 1. The fourth-order valence-corrected chi connectivity index (χ4v) is 2.39. The molecule has 2 aromatic rings. The second-order valence-corrected chi connectivity index (χ2v) is 5.29. The number of fused-ring (bicyclic) bond motifs is 1. The molecule has 22 heavy (non-hydrogen) atoms. The van der Waals surface area contributed by atoms with E-state index in [2.05, 4.69) is 10.6 Å². The molecule has 1 aliphatic heterocycles. The zero-order chi connectivity index (χ0) is 15.5. The first-order valence-corrected chi connectivity index (χ1v) is 7.17. The van der Waals surface area contributed by atoms with Gasteiger partial charge in [0, 0.05) is 18.2 Å². The van der Waals surface area contributed by atoms with Crippen LogP contribution in [0.15, 0.2) is 42.5 Å². The molecule has 0 aliphatic carbocycles. The highest BCUT2D eigenvalue weighted by Gasteiger charge is 2.17. The van der Waals surface area contributed by atoms with Crippen LogP contribution in [0.4, 0.5) is 10.1 Å². The Hall–Kier alpha value is -2.40. The van der Waals surface area contributed by atoms with Gasteiger partial charge in [0.15, 0.2) is 6.61 Å². The summed E-state index contributed by atoms with van der Waals surface area (Å²) in [6.07, 6.45) is 0. The molecule has 5 heteroatoms. The van der Waals surface area contributed by atoms with Crippen LogP contribution in [0.25, 0.3) is 0 Å². The largest absolute Gasteiger partial charge is 0.482 e. The molecule has 0 unspecified atom stereocenters. The summed E-state index contributed by atoms with van der Waals surface area (Å²) in [6.45, 7) is 2.48. The number of hydrogen-bond donors (Lipinski definition) is 2. The first kappa shape index (κ1) is 14.5. The standard InChI is InChI=1S/C17H17FN2O2/c1-11(19-9-13-4-2-3-5-14(13)18)12-6-7-16-15(8-12)20-17(21)10-22-16/h2-8,11,19H,9-10H2,1H3,(H,20,21)/t11-/m0/s1. The topological polar surface area (TPSA) is 50.4 Å². The third-order valence-electron chi connectivity index (χ3n) is 3.69. The minimum Gasteiger partial charge on any atom is -0.482 e. The molecule has 1 atom stereocenters. The van der Waals surface area contributed by atoms with Gasteiger partial charge in [0.1, 0.15) is 11.6 Å². The van der Waals surface area contributed by atoms with Gasteiger partial charge in [-0.2, -0.15) is 0 Å². The second-order valence-electron chi connectivity index (χ2n) is 5.29. The minimum atomic E-state index is -0.215. The van der Waals surface area contributed by atoms with Gasteiger partial charge in [-0.05, 0) is 30.7 Å². The van der Waals surface area contributed by atoms with E-state index in [9.17, 15) is 9.18 Å². The SMILES string of the molecule is C[C@H](NCc1ccccc1F)c1ccc2c(c1)NC(=O)CO2. The summed E-state index contributed by atoms with van der Waals surface area (Å²) in [5.41, 5.74) is 2.30. The van der Waals surface area contributed by atoms with Gasteiger partial charge in [-0.1, -0.05) is 24.3 Å². The van der Waals surface area contributed by atoms with Crippen molar-refractivity contribution in [2.24, 2.45) is 0 Å². The molecule has 0 saturated carbocycles. The van der Waals surface area contributed by atoms with Crippen LogP contribution in [0.5, 0.6) is 5.75 Å². The number of nitrogens with one attached hydrogen (secondary N) is 2. The van der Waals surface area contributed by atoms with Gasteiger partial charge in [-0.3, -0.25) is 4.79 Å². The number of amides is 1. The van der Waals surface area contributed by atoms with Crippen LogP contribution in [-0.2, 0) is 11.3 Å². The number of halogens is 1. The molecule has 3 rings (SSSR count). The van der Waals surface area contributed by atoms with Crippen LogP contribution in [-0.4, -0.2) is 12.5 Å². The highest BCUT2D eigenvalue weighted by Crippen LogP contribution is 2.30. The van der Waals surface area contributed by atoms with Crippen molar-refractivity contribution in [3.05, 3.63) is 59.4 Å². The highest BCUT2D eigenvalue weighted by atomic mass is 19.1. The maximum absolute atomic E-state index is 13.6. The fraction of sp³-hybridized carbons (Fsp3) is 0.235. The lowest BCUT2D eigenvalue weighted by Gasteiger charge is -2.21. The third-order valence-corrected chi connectivity index (χ3v) is 3.69. The second kappa shape index (κ2) is 6.15. The molecule has 0 radical (unpaired) electrons. The molecule has 2 aromatic carbocycles. The van der Waals surface area contributed by atoms with Crippen molar-refractivity contribution >= 4 is 11.6 Å². The van der Waals surface area contributed by atoms with Crippen molar-refractivity contribution in [1.29, 1.82) is 0 Å². The number of carbonyl (C=O) groups is 1. The van der Waals surface area contributed by atoms with Gasteiger partial charge < -0.3 is 15.4 Å². The highest BCUT2D eigenvalue weighted by molar-refractivity contribution is 5.95. The van der Waals surface area contributed by atoms with Gasteiger partial charge in [0.2, 0.25) is 0 Å². The van der Waals surface area contributed by atoms with Crippen molar-refractivity contribution in [2.75, 3.05) is 11.9 Å². The molecule has 1 heterocycles. The van der Waals surface area contributed by atoms with Crippen molar-refractivity contribution in [2.45, 2.75) is 19.5 Å². The van der Waals surface area contributed by atoms with E-state index >= 15 is 0 Å². The lowest BCUT2D eigenvalue weighted by molar-refractivity contribution is -0.118. The van der Waals surface area contributed by atoms with Gasteiger partial charge in [0.25, 0.3) is 5.91 Å². The maximum Gasteiger partial charge on any atom is 0.262 e. The van der Waals surface area contributed by atoms with Crippen LogP contribution >= 0.6 is 0 Å². The predicted octanol–water partition coefficient (Wildman–Crippen LogP) is 3.01. The van der Waals surface area contributed by atoms with E-state index in [0.717, 1.165) is 5.56 Å². The summed E-state index contributed by atoms with van der Waals surface area (Å²) in [4.78, 5) is 11.4. The predicted molar refractivity (Wildman–Crippen MR) is 82.2 cm³/mol. The van der Waals surface area contributed by atoms with E-state index in [1.807, 2.05) is 31.2 Å². The zero-order valence-corrected chi connectivity index (χ0v) is 12.2. The number of carbonyl (C=O) groups excluding carboxylic acids is 1. The summed E-state index contributed by atoms with van der Waals surface area (Å²) in [5.74, 6) is 0.301. The van der Waals surface area contributed by atoms with Crippen LogP contribution < -0.4 is 15.4 Å². The van der Waals surface area contributed by atoms with E-state index in [1.165, 1.54) is 6.07 Å². The number of ether oxygens (including phenoxy) is 1. The molecular weight excluding hydrogens is 283 g/mol. The lowest BCUT2D eigenvalue weighted by Crippen LogP contribution is -2.26. The lowest BCUT2D eigenvalue weighted by atomic mass is 10.1. The Morgan fingerprint density at radius 3 is 2.95 bits per heavy atom. The van der Waals surface area contributed by atoms with Gasteiger partial charge >= 0.3 is 0 Å². The number of benzene rings is 2. The van der Waals surface area contributed by atoms with E-state index in [0.29, 0.717) is 23.5 Å². The van der Waals surface area contributed by atoms with Crippen molar-refractivity contribution < 1.29 is 13.9 Å². The van der Waals surface area contributed by atoms with Gasteiger partial charge in [0.05, 0.1) is 5.69 Å². The molecule has 0 aromatic heterocycles. The monoisotopic (exact) mass is 300 g/mol. The Morgan fingerprint density at radius 1 is 1.32 bits per heavy atom. The Balaban J connectivity index is 1.70. The summed E-state index contributed by atoms with van der Waals surface area (Å²) >= 11 is 0. The summed E-state index contributed by atoms with van der Waals surface area (Å²) in [5, 5.41) is 6.07. The minimum absolute atomic E-state index is 0.0173. The van der Waals surface area contributed by atoms with Crippen molar-refractivity contribution in [3.8, 4) is 5.75 Å².